The van der Waals surface area contributed by atoms with Crippen molar-refractivity contribution in [3.05, 3.63) is 54.2 Å². The fraction of sp³-hybridized carbons (Fsp3) is 0.200. The van der Waals surface area contributed by atoms with Crippen LogP contribution in [0.5, 0.6) is 0 Å². The molecule has 0 atom stereocenters. The number of rotatable bonds is 4. The van der Waals surface area contributed by atoms with E-state index in [1.165, 1.54) is 11.8 Å². The first-order chi connectivity index (χ1) is 9.75. The minimum atomic E-state index is -0.187. The third-order valence-corrected chi connectivity index (χ3v) is 3.24. The molecule has 0 fully saturated rings. The average Bonchev–Trinajstić information content (AvgIpc) is 3.09. The maximum atomic E-state index is 11.7. The molecule has 0 unspecified atom stereocenters. The highest BCUT2D eigenvalue weighted by Gasteiger charge is 2.09. The van der Waals surface area contributed by atoms with E-state index in [1.807, 2.05) is 23.7 Å². The maximum absolute atomic E-state index is 11.7. The standard InChI is InChI=1S/C15H15N3O2/c1-18-10-11(12-4-2-7-16-14(12)18)6-8-17-15(19)13-5-3-9-20-13/h2-5,7,9-10H,6,8H2,1H3,(H,17,19). The molecule has 0 saturated carbocycles. The molecule has 20 heavy (non-hydrogen) atoms. The molecule has 3 heterocycles. The number of hydrogen-bond acceptors (Lipinski definition) is 3. The van der Waals surface area contributed by atoms with Crippen LogP contribution in [0.2, 0.25) is 0 Å². The lowest BCUT2D eigenvalue weighted by molar-refractivity contribution is 0.0926. The highest BCUT2D eigenvalue weighted by atomic mass is 16.3. The molecule has 0 aliphatic carbocycles. The minimum Gasteiger partial charge on any atom is -0.459 e. The van der Waals surface area contributed by atoms with Gasteiger partial charge >= 0.3 is 0 Å². The summed E-state index contributed by atoms with van der Waals surface area (Å²) in [5, 5.41) is 3.97. The van der Waals surface area contributed by atoms with Crippen molar-refractivity contribution >= 4 is 16.9 Å². The molecule has 0 aliphatic rings. The van der Waals surface area contributed by atoms with Crippen molar-refractivity contribution in [3.63, 3.8) is 0 Å². The smallest absolute Gasteiger partial charge is 0.286 e. The molecule has 102 valence electrons. The van der Waals surface area contributed by atoms with Crippen molar-refractivity contribution in [1.29, 1.82) is 0 Å². The number of carbonyl (C=O) groups is 1. The Bertz CT molecular complexity index is 729. The molecule has 0 radical (unpaired) electrons. The molecule has 3 aromatic heterocycles. The van der Waals surface area contributed by atoms with Crippen LogP contribution in [0.15, 0.2) is 47.3 Å². The van der Waals surface area contributed by atoms with Gasteiger partial charge in [0.05, 0.1) is 6.26 Å². The van der Waals surface area contributed by atoms with Crippen molar-refractivity contribution in [2.45, 2.75) is 6.42 Å². The number of fused-ring (bicyclic) bond motifs is 1. The van der Waals surface area contributed by atoms with Gasteiger partial charge < -0.3 is 14.3 Å². The molecule has 5 nitrogen and oxygen atoms in total. The summed E-state index contributed by atoms with van der Waals surface area (Å²) in [7, 11) is 1.97. The lowest BCUT2D eigenvalue weighted by Gasteiger charge is -2.02. The van der Waals surface area contributed by atoms with Crippen molar-refractivity contribution in [2.24, 2.45) is 7.05 Å². The molecular formula is C15H15N3O2. The second-order valence-electron chi connectivity index (χ2n) is 4.62. The zero-order valence-corrected chi connectivity index (χ0v) is 11.2. The van der Waals surface area contributed by atoms with Gasteiger partial charge in [-0.25, -0.2) is 4.98 Å². The summed E-state index contributed by atoms with van der Waals surface area (Å²) in [4.78, 5) is 16.1. The van der Waals surface area contributed by atoms with Gasteiger partial charge in [-0.05, 0) is 36.2 Å². The Kier molecular flexibility index (Phi) is 3.25. The highest BCUT2D eigenvalue weighted by molar-refractivity contribution is 5.91. The number of nitrogens with one attached hydrogen (secondary N) is 1. The van der Waals surface area contributed by atoms with Gasteiger partial charge in [0.2, 0.25) is 0 Å². The van der Waals surface area contributed by atoms with Crippen LogP contribution >= 0.6 is 0 Å². The summed E-state index contributed by atoms with van der Waals surface area (Å²) >= 11 is 0. The third kappa shape index (κ3) is 2.30. The largest absolute Gasteiger partial charge is 0.459 e. The zero-order chi connectivity index (χ0) is 13.9. The summed E-state index contributed by atoms with van der Waals surface area (Å²) in [6.07, 6.45) is 6.09. The number of amides is 1. The van der Waals surface area contributed by atoms with E-state index in [0.29, 0.717) is 12.3 Å². The number of hydrogen-bond donors (Lipinski definition) is 1. The SMILES string of the molecule is Cn1cc(CCNC(=O)c2ccco2)c2cccnc21. The molecule has 1 N–H and O–H groups in total. The predicted molar refractivity (Wildman–Crippen MR) is 75.5 cm³/mol. The van der Waals surface area contributed by atoms with Crippen molar-refractivity contribution < 1.29 is 9.21 Å². The number of carbonyl (C=O) groups excluding carboxylic acids is 1. The lowest BCUT2D eigenvalue weighted by atomic mass is 10.1. The van der Waals surface area contributed by atoms with E-state index in [1.54, 1.807) is 18.3 Å². The molecular weight excluding hydrogens is 254 g/mol. The van der Waals surface area contributed by atoms with E-state index in [4.69, 9.17) is 4.42 Å². The van der Waals surface area contributed by atoms with Gasteiger partial charge in [-0.3, -0.25) is 4.79 Å². The first kappa shape index (κ1) is 12.5. The van der Waals surface area contributed by atoms with E-state index >= 15 is 0 Å². The molecule has 3 aromatic rings. The molecule has 0 aliphatic heterocycles. The quantitative estimate of drug-likeness (QED) is 0.789. The fourth-order valence-corrected chi connectivity index (χ4v) is 2.30. The molecule has 0 spiro atoms. The Morgan fingerprint density at radius 2 is 2.30 bits per heavy atom. The summed E-state index contributed by atoms with van der Waals surface area (Å²) in [5.41, 5.74) is 2.13. The number of furan rings is 1. The Morgan fingerprint density at radius 3 is 3.10 bits per heavy atom. The lowest BCUT2D eigenvalue weighted by Crippen LogP contribution is -2.25. The average molecular weight is 269 g/mol. The maximum Gasteiger partial charge on any atom is 0.286 e. The van der Waals surface area contributed by atoms with E-state index in [2.05, 4.69) is 16.5 Å². The normalized spacial score (nSPS) is 10.8. The van der Waals surface area contributed by atoms with Gasteiger partial charge in [0.15, 0.2) is 5.76 Å². The Labute approximate surface area is 116 Å². The highest BCUT2D eigenvalue weighted by Crippen LogP contribution is 2.18. The van der Waals surface area contributed by atoms with E-state index in [0.717, 1.165) is 17.5 Å². The van der Waals surface area contributed by atoms with Crippen LogP contribution in [0.25, 0.3) is 11.0 Å². The first-order valence-corrected chi connectivity index (χ1v) is 6.46. The Hall–Kier alpha value is -2.56. The monoisotopic (exact) mass is 269 g/mol. The van der Waals surface area contributed by atoms with E-state index in [-0.39, 0.29) is 5.91 Å². The van der Waals surface area contributed by atoms with Crippen LogP contribution < -0.4 is 5.32 Å². The Balaban J connectivity index is 1.67. The summed E-state index contributed by atoms with van der Waals surface area (Å²) < 4.78 is 7.05. The van der Waals surface area contributed by atoms with E-state index < -0.39 is 0 Å². The van der Waals surface area contributed by atoms with Crippen molar-refractivity contribution in [3.8, 4) is 0 Å². The Morgan fingerprint density at radius 1 is 1.40 bits per heavy atom. The van der Waals surface area contributed by atoms with Crippen LogP contribution in [0.1, 0.15) is 16.1 Å². The van der Waals surface area contributed by atoms with Gasteiger partial charge in [-0.2, -0.15) is 0 Å². The van der Waals surface area contributed by atoms with Crippen LogP contribution in [-0.2, 0) is 13.5 Å². The third-order valence-electron chi connectivity index (χ3n) is 3.24. The van der Waals surface area contributed by atoms with Crippen LogP contribution in [0.3, 0.4) is 0 Å². The zero-order valence-electron chi connectivity index (χ0n) is 11.2. The summed E-state index contributed by atoms with van der Waals surface area (Å²) in [6.45, 7) is 0.563. The number of pyridine rings is 1. The van der Waals surface area contributed by atoms with Gasteiger partial charge in [0.1, 0.15) is 5.65 Å². The predicted octanol–water partition coefficient (Wildman–Crippen LogP) is 2.14. The molecule has 0 bridgehead atoms. The minimum absolute atomic E-state index is 0.187. The van der Waals surface area contributed by atoms with Gasteiger partial charge in [0.25, 0.3) is 5.91 Å². The number of aromatic nitrogens is 2. The van der Waals surface area contributed by atoms with Crippen LogP contribution in [0, 0.1) is 0 Å². The van der Waals surface area contributed by atoms with Crippen LogP contribution in [0.4, 0.5) is 0 Å². The van der Waals surface area contributed by atoms with Crippen molar-refractivity contribution in [1.82, 2.24) is 14.9 Å². The van der Waals surface area contributed by atoms with Crippen LogP contribution in [-0.4, -0.2) is 22.0 Å². The second kappa shape index (κ2) is 5.21. The topological polar surface area (TPSA) is 60.1 Å². The number of aryl methyl sites for hydroxylation is 1. The number of nitrogens with zero attached hydrogens (tertiary/aromatic N) is 2. The molecule has 0 aromatic carbocycles. The summed E-state index contributed by atoms with van der Waals surface area (Å²) in [5.74, 6) is 0.151. The second-order valence-corrected chi connectivity index (χ2v) is 4.62. The van der Waals surface area contributed by atoms with E-state index in [9.17, 15) is 4.79 Å². The molecule has 1 amide bonds. The van der Waals surface area contributed by atoms with Gasteiger partial charge in [-0.15, -0.1) is 0 Å². The molecule has 0 saturated heterocycles. The molecule has 5 heteroatoms. The molecule has 3 rings (SSSR count). The van der Waals surface area contributed by atoms with Gasteiger partial charge in [-0.1, -0.05) is 0 Å². The summed E-state index contributed by atoms with van der Waals surface area (Å²) in [6, 6.07) is 7.32. The fourth-order valence-electron chi connectivity index (χ4n) is 2.30. The van der Waals surface area contributed by atoms with Crippen molar-refractivity contribution in [2.75, 3.05) is 6.54 Å². The first-order valence-electron chi connectivity index (χ1n) is 6.46. The van der Waals surface area contributed by atoms with Gasteiger partial charge in [0, 0.05) is 31.4 Å².